The zero-order valence-corrected chi connectivity index (χ0v) is 14.3. The maximum Gasteiger partial charge on any atom is 0.161 e. The third-order valence-electron chi connectivity index (χ3n) is 4.09. The molecule has 5 nitrogen and oxygen atoms in total. The summed E-state index contributed by atoms with van der Waals surface area (Å²) < 4.78 is 21.8. The molecule has 0 bridgehead atoms. The first kappa shape index (κ1) is 16.5. The first-order valence-electron chi connectivity index (χ1n) is 8.04. The average Bonchev–Trinajstić information content (AvgIpc) is 2.65. The highest BCUT2D eigenvalue weighted by Crippen LogP contribution is 2.32. The van der Waals surface area contributed by atoms with Crippen molar-refractivity contribution in [1.29, 1.82) is 0 Å². The molecule has 0 amide bonds. The molecule has 128 valence electrons. The van der Waals surface area contributed by atoms with Crippen molar-refractivity contribution in [2.45, 2.75) is 19.5 Å². The van der Waals surface area contributed by atoms with Crippen molar-refractivity contribution < 1.29 is 18.9 Å². The van der Waals surface area contributed by atoms with Gasteiger partial charge < -0.3 is 24.3 Å². The molecule has 0 aliphatic carbocycles. The fourth-order valence-electron chi connectivity index (χ4n) is 2.69. The van der Waals surface area contributed by atoms with Gasteiger partial charge in [0.2, 0.25) is 0 Å². The van der Waals surface area contributed by atoms with E-state index in [2.05, 4.69) is 18.3 Å². The Labute approximate surface area is 142 Å². The molecule has 2 aromatic carbocycles. The number of nitrogens with one attached hydrogen (secondary N) is 1. The Morgan fingerprint density at radius 1 is 0.958 bits per heavy atom. The van der Waals surface area contributed by atoms with Gasteiger partial charge in [-0.3, -0.25) is 0 Å². The summed E-state index contributed by atoms with van der Waals surface area (Å²) in [4.78, 5) is 0. The predicted molar refractivity (Wildman–Crippen MR) is 92.2 cm³/mol. The summed E-state index contributed by atoms with van der Waals surface area (Å²) in [6.07, 6.45) is 0. The molecular formula is C19H23NO4. The lowest BCUT2D eigenvalue weighted by atomic mass is 10.1. The zero-order valence-electron chi connectivity index (χ0n) is 14.3. The molecule has 1 heterocycles. The van der Waals surface area contributed by atoms with Gasteiger partial charge in [-0.05, 0) is 42.3 Å². The normalized spacial score (nSPS) is 14.1. The second-order valence-electron chi connectivity index (χ2n) is 5.73. The molecule has 24 heavy (non-hydrogen) atoms. The number of ether oxygens (including phenoxy) is 4. The molecule has 3 rings (SSSR count). The number of rotatable bonds is 6. The van der Waals surface area contributed by atoms with E-state index in [1.165, 1.54) is 0 Å². The molecule has 0 fully saturated rings. The summed E-state index contributed by atoms with van der Waals surface area (Å²) in [7, 11) is 3.31. The molecule has 2 aromatic rings. The van der Waals surface area contributed by atoms with E-state index < -0.39 is 0 Å². The molecule has 0 spiro atoms. The van der Waals surface area contributed by atoms with Gasteiger partial charge in [-0.25, -0.2) is 0 Å². The number of methoxy groups -OCH3 is 2. The second kappa shape index (κ2) is 7.45. The topological polar surface area (TPSA) is 49.0 Å². The van der Waals surface area contributed by atoms with Gasteiger partial charge >= 0.3 is 0 Å². The molecule has 1 unspecified atom stereocenters. The van der Waals surface area contributed by atoms with E-state index in [4.69, 9.17) is 18.9 Å². The zero-order chi connectivity index (χ0) is 16.9. The molecule has 0 saturated carbocycles. The van der Waals surface area contributed by atoms with E-state index in [9.17, 15) is 0 Å². The highest BCUT2D eigenvalue weighted by Gasteiger charge is 2.14. The highest BCUT2D eigenvalue weighted by molar-refractivity contribution is 5.44. The van der Waals surface area contributed by atoms with Crippen LogP contribution >= 0.6 is 0 Å². The molecule has 0 saturated heterocycles. The van der Waals surface area contributed by atoms with E-state index in [-0.39, 0.29) is 6.04 Å². The van der Waals surface area contributed by atoms with Crippen LogP contribution < -0.4 is 24.3 Å². The molecule has 0 radical (unpaired) electrons. The van der Waals surface area contributed by atoms with Crippen LogP contribution in [-0.4, -0.2) is 27.4 Å². The molecule has 1 aliphatic heterocycles. The lowest BCUT2D eigenvalue weighted by Crippen LogP contribution is -2.19. The minimum atomic E-state index is 0.179. The monoisotopic (exact) mass is 329 g/mol. The Bertz CT molecular complexity index is 680. The van der Waals surface area contributed by atoms with Crippen molar-refractivity contribution in [2.24, 2.45) is 0 Å². The summed E-state index contributed by atoms with van der Waals surface area (Å²) in [6.45, 7) is 4.05. The minimum Gasteiger partial charge on any atom is -0.497 e. The Morgan fingerprint density at radius 3 is 2.29 bits per heavy atom. The van der Waals surface area contributed by atoms with Gasteiger partial charge in [-0.2, -0.15) is 0 Å². The van der Waals surface area contributed by atoms with E-state index in [0.29, 0.717) is 19.8 Å². The number of hydrogen-bond donors (Lipinski definition) is 1. The lowest BCUT2D eigenvalue weighted by molar-refractivity contribution is 0.171. The molecule has 0 aromatic heterocycles. The summed E-state index contributed by atoms with van der Waals surface area (Å²) in [5.41, 5.74) is 2.27. The Hall–Kier alpha value is -2.40. The number of fused-ring (bicyclic) bond motifs is 1. The third kappa shape index (κ3) is 3.74. The quantitative estimate of drug-likeness (QED) is 0.881. The van der Waals surface area contributed by atoms with Crippen molar-refractivity contribution in [2.75, 3.05) is 27.4 Å². The van der Waals surface area contributed by atoms with Crippen LogP contribution in [0.25, 0.3) is 0 Å². The van der Waals surface area contributed by atoms with E-state index in [1.54, 1.807) is 14.2 Å². The summed E-state index contributed by atoms with van der Waals surface area (Å²) in [5.74, 6) is 3.21. The molecule has 1 aliphatic rings. The molecule has 5 heteroatoms. The fraction of sp³-hybridized carbons (Fsp3) is 0.368. The van der Waals surface area contributed by atoms with E-state index in [0.717, 1.165) is 34.1 Å². The van der Waals surface area contributed by atoms with Crippen molar-refractivity contribution in [3.8, 4) is 23.0 Å². The minimum absolute atomic E-state index is 0.179. The van der Waals surface area contributed by atoms with E-state index in [1.807, 2.05) is 30.3 Å². The van der Waals surface area contributed by atoms with Crippen LogP contribution in [0.5, 0.6) is 23.0 Å². The summed E-state index contributed by atoms with van der Waals surface area (Å²) in [5, 5.41) is 3.52. The van der Waals surface area contributed by atoms with Gasteiger partial charge in [0.05, 0.1) is 14.2 Å². The van der Waals surface area contributed by atoms with Crippen LogP contribution in [0.3, 0.4) is 0 Å². The van der Waals surface area contributed by atoms with Gasteiger partial charge in [0, 0.05) is 18.7 Å². The van der Waals surface area contributed by atoms with Crippen LogP contribution in [0.4, 0.5) is 0 Å². The van der Waals surface area contributed by atoms with Gasteiger partial charge in [0.15, 0.2) is 11.5 Å². The van der Waals surface area contributed by atoms with Crippen LogP contribution in [-0.2, 0) is 6.54 Å². The largest absolute Gasteiger partial charge is 0.497 e. The number of hydrogen-bond acceptors (Lipinski definition) is 5. The van der Waals surface area contributed by atoms with E-state index >= 15 is 0 Å². The average molecular weight is 329 g/mol. The van der Waals surface area contributed by atoms with Crippen LogP contribution in [0.15, 0.2) is 36.4 Å². The Morgan fingerprint density at radius 2 is 1.62 bits per heavy atom. The SMILES string of the molecule is COc1cc(CNC(C)c2ccc3c(c2)OCCO3)cc(OC)c1. The fourth-order valence-corrected chi connectivity index (χ4v) is 2.69. The van der Waals surface area contributed by atoms with Crippen molar-refractivity contribution in [3.63, 3.8) is 0 Å². The van der Waals surface area contributed by atoms with Crippen LogP contribution in [0.2, 0.25) is 0 Å². The predicted octanol–water partition coefficient (Wildman–Crippen LogP) is 3.33. The molecule has 1 atom stereocenters. The van der Waals surface area contributed by atoms with Gasteiger partial charge in [0.1, 0.15) is 24.7 Å². The standard InChI is InChI=1S/C19H23NO4/c1-13(15-4-5-18-19(10-15)24-7-6-23-18)20-12-14-8-16(21-2)11-17(9-14)22-3/h4-5,8-11,13,20H,6-7,12H2,1-3H3. The molecule has 1 N–H and O–H groups in total. The Kier molecular flexibility index (Phi) is 5.11. The van der Waals surface area contributed by atoms with Crippen molar-refractivity contribution >= 4 is 0 Å². The van der Waals surface area contributed by atoms with Gasteiger partial charge in [0.25, 0.3) is 0 Å². The second-order valence-corrected chi connectivity index (χ2v) is 5.73. The first-order chi connectivity index (χ1) is 11.7. The third-order valence-corrected chi connectivity index (χ3v) is 4.09. The summed E-state index contributed by atoms with van der Waals surface area (Å²) in [6, 6.07) is 12.1. The first-order valence-corrected chi connectivity index (χ1v) is 8.04. The smallest absolute Gasteiger partial charge is 0.161 e. The summed E-state index contributed by atoms with van der Waals surface area (Å²) >= 11 is 0. The van der Waals surface area contributed by atoms with Gasteiger partial charge in [-0.1, -0.05) is 6.07 Å². The van der Waals surface area contributed by atoms with Crippen LogP contribution in [0.1, 0.15) is 24.1 Å². The number of benzene rings is 2. The van der Waals surface area contributed by atoms with Crippen LogP contribution in [0, 0.1) is 0 Å². The van der Waals surface area contributed by atoms with Crippen molar-refractivity contribution in [1.82, 2.24) is 5.32 Å². The maximum atomic E-state index is 5.65. The Balaban J connectivity index is 1.68. The highest BCUT2D eigenvalue weighted by atomic mass is 16.6. The van der Waals surface area contributed by atoms with Crippen molar-refractivity contribution in [3.05, 3.63) is 47.5 Å². The maximum absolute atomic E-state index is 5.65. The van der Waals surface area contributed by atoms with Gasteiger partial charge in [-0.15, -0.1) is 0 Å². The molecular weight excluding hydrogens is 306 g/mol. The lowest BCUT2D eigenvalue weighted by Gasteiger charge is -2.21.